The zero-order chi connectivity index (χ0) is 15.5. The van der Waals surface area contributed by atoms with Crippen LogP contribution in [0.1, 0.15) is 24.1 Å². The van der Waals surface area contributed by atoms with E-state index < -0.39 is 0 Å². The first-order chi connectivity index (χ1) is 10.6. The van der Waals surface area contributed by atoms with Crippen LogP contribution in [0.2, 0.25) is 0 Å². The molecule has 3 aromatic rings. The zero-order valence-corrected chi connectivity index (χ0v) is 13.3. The van der Waals surface area contributed by atoms with Gasteiger partial charge < -0.3 is 5.32 Å². The summed E-state index contributed by atoms with van der Waals surface area (Å²) in [6.45, 7) is 4.01. The fourth-order valence-electron chi connectivity index (χ4n) is 2.41. The molecule has 1 atom stereocenters. The molecular weight excluding hydrogens is 294 g/mol. The van der Waals surface area contributed by atoms with Crippen LogP contribution in [0.3, 0.4) is 0 Å². The van der Waals surface area contributed by atoms with E-state index >= 15 is 0 Å². The van der Waals surface area contributed by atoms with E-state index in [-0.39, 0.29) is 12.1 Å². The lowest BCUT2D eigenvalue weighted by Crippen LogP contribution is -2.31. The van der Waals surface area contributed by atoms with Crippen molar-refractivity contribution in [2.45, 2.75) is 19.9 Å². The summed E-state index contributed by atoms with van der Waals surface area (Å²) in [7, 11) is 0. The third kappa shape index (κ3) is 3.09. The molecule has 0 radical (unpaired) electrons. The fraction of sp³-hybridized carbons (Fsp3) is 0.176. The van der Waals surface area contributed by atoms with Crippen molar-refractivity contribution in [3.05, 3.63) is 59.7 Å². The molecule has 3 rings (SSSR count). The number of hydrogen-bond donors (Lipinski definition) is 2. The second-order valence-corrected chi connectivity index (χ2v) is 6.19. The van der Waals surface area contributed by atoms with Crippen molar-refractivity contribution < 1.29 is 4.79 Å². The molecular formula is C17H17N3OS. The Labute approximate surface area is 133 Å². The van der Waals surface area contributed by atoms with Gasteiger partial charge in [-0.3, -0.25) is 5.32 Å². The van der Waals surface area contributed by atoms with Gasteiger partial charge in [0.05, 0.1) is 16.3 Å². The minimum atomic E-state index is -0.241. The molecule has 2 N–H and O–H groups in total. The highest BCUT2D eigenvalue weighted by Crippen LogP contribution is 2.25. The Hall–Kier alpha value is -2.40. The van der Waals surface area contributed by atoms with E-state index in [0.29, 0.717) is 5.13 Å². The normalized spacial score (nSPS) is 12.1. The van der Waals surface area contributed by atoms with Gasteiger partial charge in [0.15, 0.2) is 5.13 Å². The number of aromatic nitrogens is 1. The van der Waals surface area contributed by atoms with E-state index in [1.165, 1.54) is 11.3 Å². The number of hydrogen-bond acceptors (Lipinski definition) is 3. The number of thiazole rings is 1. The first-order valence-electron chi connectivity index (χ1n) is 7.12. The summed E-state index contributed by atoms with van der Waals surface area (Å²) in [6.07, 6.45) is 0. The molecule has 1 aromatic heterocycles. The van der Waals surface area contributed by atoms with Gasteiger partial charge in [0.25, 0.3) is 0 Å². The van der Waals surface area contributed by atoms with Gasteiger partial charge >= 0.3 is 6.03 Å². The van der Waals surface area contributed by atoms with Gasteiger partial charge in [0, 0.05) is 0 Å². The number of nitrogens with one attached hydrogen (secondary N) is 2. The summed E-state index contributed by atoms with van der Waals surface area (Å²) in [4.78, 5) is 16.5. The van der Waals surface area contributed by atoms with Crippen LogP contribution < -0.4 is 10.6 Å². The van der Waals surface area contributed by atoms with Crippen LogP contribution >= 0.6 is 11.3 Å². The maximum absolute atomic E-state index is 12.1. The summed E-state index contributed by atoms with van der Waals surface area (Å²) >= 11 is 1.47. The van der Waals surface area contributed by atoms with Gasteiger partial charge in [0.2, 0.25) is 0 Å². The van der Waals surface area contributed by atoms with Gasteiger partial charge in [-0.2, -0.15) is 0 Å². The van der Waals surface area contributed by atoms with Crippen molar-refractivity contribution in [2.24, 2.45) is 0 Å². The van der Waals surface area contributed by atoms with Crippen LogP contribution in [-0.4, -0.2) is 11.0 Å². The minimum absolute atomic E-state index is 0.0596. The summed E-state index contributed by atoms with van der Waals surface area (Å²) < 4.78 is 1.06. The zero-order valence-electron chi connectivity index (χ0n) is 12.5. The Morgan fingerprint density at radius 1 is 1.14 bits per heavy atom. The Balaban J connectivity index is 1.68. The monoisotopic (exact) mass is 311 g/mol. The number of anilines is 1. The number of carbonyl (C=O) groups excluding carboxylic acids is 1. The van der Waals surface area contributed by atoms with Crippen LogP contribution in [0.4, 0.5) is 9.93 Å². The quantitative estimate of drug-likeness (QED) is 0.749. The molecule has 112 valence electrons. The highest BCUT2D eigenvalue weighted by atomic mass is 32.1. The molecule has 22 heavy (non-hydrogen) atoms. The molecule has 0 saturated heterocycles. The third-order valence-electron chi connectivity index (χ3n) is 3.52. The highest BCUT2D eigenvalue weighted by Gasteiger charge is 2.12. The molecule has 0 aliphatic heterocycles. The van der Waals surface area contributed by atoms with E-state index in [4.69, 9.17) is 0 Å². The summed E-state index contributed by atoms with van der Waals surface area (Å²) in [5, 5.41) is 6.36. The Morgan fingerprint density at radius 3 is 2.64 bits per heavy atom. The first kappa shape index (κ1) is 14.5. The van der Waals surface area contributed by atoms with E-state index in [9.17, 15) is 4.79 Å². The highest BCUT2D eigenvalue weighted by molar-refractivity contribution is 7.22. The maximum Gasteiger partial charge on any atom is 0.321 e. The lowest BCUT2D eigenvalue weighted by molar-refractivity contribution is 0.249. The summed E-state index contributed by atoms with van der Waals surface area (Å²) in [6, 6.07) is 15.6. The van der Waals surface area contributed by atoms with Crippen molar-refractivity contribution in [1.82, 2.24) is 10.3 Å². The molecule has 0 spiro atoms. The number of aryl methyl sites for hydroxylation is 1. The molecule has 0 fully saturated rings. The second-order valence-electron chi connectivity index (χ2n) is 5.16. The molecule has 2 amide bonds. The Kier molecular flexibility index (Phi) is 4.06. The Bertz CT molecular complexity index is 779. The molecule has 1 heterocycles. The average molecular weight is 311 g/mol. The largest absolute Gasteiger partial charge is 0.331 e. The summed E-state index contributed by atoms with van der Waals surface area (Å²) in [5.41, 5.74) is 3.17. The average Bonchev–Trinajstić information content (AvgIpc) is 2.89. The van der Waals surface area contributed by atoms with Crippen molar-refractivity contribution >= 4 is 32.7 Å². The molecule has 0 unspecified atom stereocenters. The van der Waals surface area contributed by atoms with Crippen molar-refractivity contribution in [3.63, 3.8) is 0 Å². The van der Waals surface area contributed by atoms with Gasteiger partial charge in [-0.15, -0.1) is 0 Å². The van der Waals surface area contributed by atoms with Crippen LogP contribution in [0.25, 0.3) is 10.2 Å². The number of fused-ring (bicyclic) bond motifs is 1. The van der Waals surface area contributed by atoms with Crippen LogP contribution in [0.15, 0.2) is 48.5 Å². The molecule has 0 saturated carbocycles. The predicted octanol–water partition coefficient (Wildman–Crippen LogP) is 4.49. The van der Waals surface area contributed by atoms with Crippen molar-refractivity contribution in [2.75, 3.05) is 5.32 Å². The summed E-state index contributed by atoms with van der Waals surface area (Å²) in [5.74, 6) is 0. The number of rotatable bonds is 3. The maximum atomic E-state index is 12.1. The Morgan fingerprint density at radius 2 is 1.86 bits per heavy atom. The molecule has 0 bridgehead atoms. The van der Waals surface area contributed by atoms with E-state index in [0.717, 1.165) is 21.3 Å². The number of nitrogens with zero attached hydrogens (tertiary/aromatic N) is 1. The predicted molar refractivity (Wildman–Crippen MR) is 91.4 cm³/mol. The molecule has 5 heteroatoms. The van der Waals surface area contributed by atoms with E-state index in [1.807, 2.05) is 62.4 Å². The van der Waals surface area contributed by atoms with E-state index in [1.54, 1.807) is 0 Å². The standard InChI is InChI=1S/C17H17N3OS/c1-11-7-3-4-8-13(11)12(2)18-16(21)20-17-19-14-9-5-6-10-15(14)22-17/h3-10,12H,1-2H3,(H2,18,19,20,21)/t12-/m1/s1. The van der Waals surface area contributed by atoms with E-state index in [2.05, 4.69) is 15.6 Å². The first-order valence-corrected chi connectivity index (χ1v) is 7.94. The number of para-hydroxylation sites is 1. The number of benzene rings is 2. The molecule has 0 aliphatic carbocycles. The molecule has 2 aromatic carbocycles. The van der Waals surface area contributed by atoms with Gasteiger partial charge in [-0.05, 0) is 37.1 Å². The SMILES string of the molecule is Cc1ccccc1[C@@H](C)NC(=O)Nc1nc2ccccc2s1. The van der Waals surface area contributed by atoms with Crippen molar-refractivity contribution in [1.29, 1.82) is 0 Å². The topological polar surface area (TPSA) is 54.0 Å². The smallest absolute Gasteiger partial charge is 0.321 e. The molecule has 0 aliphatic rings. The lowest BCUT2D eigenvalue weighted by Gasteiger charge is -2.16. The van der Waals surface area contributed by atoms with Gasteiger partial charge in [0.1, 0.15) is 0 Å². The van der Waals surface area contributed by atoms with Crippen LogP contribution in [0, 0.1) is 6.92 Å². The lowest BCUT2D eigenvalue weighted by atomic mass is 10.0. The number of amides is 2. The van der Waals surface area contributed by atoms with Crippen molar-refractivity contribution in [3.8, 4) is 0 Å². The number of carbonyl (C=O) groups is 1. The van der Waals surface area contributed by atoms with Crippen LogP contribution in [-0.2, 0) is 0 Å². The fourth-order valence-corrected chi connectivity index (χ4v) is 3.27. The number of urea groups is 1. The third-order valence-corrected chi connectivity index (χ3v) is 4.47. The van der Waals surface area contributed by atoms with Crippen LogP contribution in [0.5, 0.6) is 0 Å². The van der Waals surface area contributed by atoms with Gasteiger partial charge in [-0.25, -0.2) is 9.78 Å². The second kappa shape index (κ2) is 6.15. The van der Waals surface area contributed by atoms with Gasteiger partial charge in [-0.1, -0.05) is 47.7 Å². The minimum Gasteiger partial charge on any atom is -0.331 e. The molecule has 4 nitrogen and oxygen atoms in total.